The van der Waals surface area contributed by atoms with Crippen LogP contribution in [-0.4, -0.2) is 78.3 Å². The monoisotopic (exact) mass is 396 g/mol. The lowest BCUT2D eigenvalue weighted by Crippen LogP contribution is -2.67. The summed E-state index contributed by atoms with van der Waals surface area (Å²) in [6.07, 6.45) is 5.18. The first-order valence-electron chi connectivity index (χ1n) is 10.6. The number of likely N-dealkylation sites (tertiary alicyclic amines) is 1. The van der Waals surface area contributed by atoms with Gasteiger partial charge in [0, 0.05) is 12.0 Å². The first-order chi connectivity index (χ1) is 13.5. The highest BCUT2D eigenvalue weighted by Gasteiger charge is 2.53. The number of hydrogen-bond donors (Lipinski definition) is 4. The molecule has 2 bridgehead atoms. The third-order valence-corrected chi connectivity index (χ3v) is 6.72. The number of ether oxygens (including phenoxy) is 2. The van der Waals surface area contributed by atoms with Crippen molar-refractivity contribution in [3.63, 3.8) is 0 Å². The predicted molar refractivity (Wildman–Crippen MR) is 100 cm³/mol. The predicted octanol–water partition coefficient (Wildman–Crippen LogP) is -0.331. The Morgan fingerprint density at radius 2 is 1.75 bits per heavy atom. The number of fused-ring (bicyclic) bond motifs is 2. The summed E-state index contributed by atoms with van der Waals surface area (Å²) >= 11 is 0. The Labute approximate surface area is 165 Å². The summed E-state index contributed by atoms with van der Waals surface area (Å²) in [6, 6.07) is -0.948. The second-order valence-electron chi connectivity index (χ2n) is 8.55. The number of urea groups is 1. The molecule has 3 heterocycles. The van der Waals surface area contributed by atoms with Gasteiger partial charge in [-0.3, -0.25) is 9.69 Å². The van der Waals surface area contributed by atoms with E-state index in [9.17, 15) is 14.7 Å². The second kappa shape index (κ2) is 8.52. The van der Waals surface area contributed by atoms with Crippen LogP contribution in [0.25, 0.3) is 0 Å². The molecule has 0 spiro atoms. The SMILES string of the molecule is NC(=O)C1CCN([C@H]2[C@@H]3OC[C@@H](O3)[C@@H](NC(=O)NC3CCCCC3)[C@@H]2O)CC1. The highest BCUT2D eigenvalue weighted by Crippen LogP contribution is 2.33. The molecular weight excluding hydrogens is 364 g/mol. The molecule has 3 aliphatic heterocycles. The molecule has 5 N–H and O–H groups in total. The number of nitrogens with two attached hydrogens (primary N) is 1. The molecule has 5 atom stereocenters. The largest absolute Gasteiger partial charge is 0.389 e. The lowest BCUT2D eigenvalue weighted by Gasteiger charge is -2.45. The van der Waals surface area contributed by atoms with Crippen molar-refractivity contribution in [1.82, 2.24) is 15.5 Å². The maximum Gasteiger partial charge on any atom is 0.315 e. The maximum atomic E-state index is 12.5. The van der Waals surface area contributed by atoms with Crippen molar-refractivity contribution < 1.29 is 24.2 Å². The highest BCUT2D eigenvalue weighted by atomic mass is 16.7. The van der Waals surface area contributed by atoms with E-state index in [-0.39, 0.29) is 36.0 Å². The molecule has 1 saturated carbocycles. The number of hydrogen-bond acceptors (Lipinski definition) is 6. The molecular formula is C19H32N4O5. The number of aliphatic hydroxyl groups is 1. The van der Waals surface area contributed by atoms with E-state index in [4.69, 9.17) is 15.2 Å². The minimum Gasteiger partial charge on any atom is -0.389 e. The van der Waals surface area contributed by atoms with Crippen LogP contribution in [0.15, 0.2) is 0 Å². The summed E-state index contributed by atoms with van der Waals surface area (Å²) in [5.41, 5.74) is 5.42. The Kier molecular flexibility index (Phi) is 6.05. The van der Waals surface area contributed by atoms with Gasteiger partial charge in [-0.15, -0.1) is 0 Å². The van der Waals surface area contributed by atoms with E-state index >= 15 is 0 Å². The van der Waals surface area contributed by atoms with E-state index in [0.717, 1.165) is 25.7 Å². The highest BCUT2D eigenvalue weighted by molar-refractivity contribution is 5.76. The van der Waals surface area contributed by atoms with Crippen molar-refractivity contribution in [3.05, 3.63) is 0 Å². The van der Waals surface area contributed by atoms with E-state index in [2.05, 4.69) is 15.5 Å². The standard InChI is InChI=1S/C19H32N4O5/c20-17(25)11-6-8-23(9-7-11)15-16(24)14(13-10-27-18(15)28-13)22-19(26)21-12-4-2-1-3-5-12/h11-16,18,24H,1-10H2,(H2,20,25)(H2,21,22,26)/t13-,14-,15-,16+,18-/m1/s1. The molecule has 9 nitrogen and oxygen atoms in total. The summed E-state index contributed by atoms with van der Waals surface area (Å²) in [4.78, 5) is 26.0. The van der Waals surface area contributed by atoms with E-state index in [0.29, 0.717) is 32.5 Å². The average molecular weight is 396 g/mol. The number of rotatable bonds is 4. The third kappa shape index (κ3) is 4.12. The molecule has 9 heteroatoms. The molecule has 158 valence electrons. The molecule has 1 aliphatic carbocycles. The Morgan fingerprint density at radius 3 is 2.43 bits per heavy atom. The summed E-state index contributed by atoms with van der Waals surface area (Å²) in [5.74, 6) is -0.387. The van der Waals surface area contributed by atoms with Crippen molar-refractivity contribution >= 4 is 11.9 Å². The van der Waals surface area contributed by atoms with Crippen LogP contribution in [0.1, 0.15) is 44.9 Å². The first kappa shape index (κ1) is 19.9. The zero-order chi connectivity index (χ0) is 19.7. The van der Waals surface area contributed by atoms with Crippen LogP contribution in [0.5, 0.6) is 0 Å². The van der Waals surface area contributed by atoms with Crippen LogP contribution in [0, 0.1) is 5.92 Å². The topological polar surface area (TPSA) is 126 Å². The van der Waals surface area contributed by atoms with Crippen LogP contribution in [-0.2, 0) is 14.3 Å². The van der Waals surface area contributed by atoms with Gasteiger partial charge in [-0.1, -0.05) is 19.3 Å². The lowest BCUT2D eigenvalue weighted by atomic mass is 9.90. The zero-order valence-corrected chi connectivity index (χ0v) is 16.2. The number of carbonyl (C=O) groups is 2. The Balaban J connectivity index is 1.37. The fraction of sp³-hybridized carbons (Fsp3) is 0.895. The fourth-order valence-corrected chi connectivity index (χ4v) is 5.08. The van der Waals surface area contributed by atoms with Crippen LogP contribution in [0.2, 0.25) is 0 Å². The normalized spacial score (nSPS) is 37.5. The molecule has 4 fully saturated rings. The van der Waals surface area contributed by atoms with Crippen molar-refractivity contribution in [2.45, 2.75) is 81.6 Å². The van der Waals surface area contributed by atoms with Crippen molar-refractivity contribution in [1.29, 1.82) is 0 Å². The fourth-order valence-electron chi connectivity index (χ4n) is 5.08. The molecule has 0 unspecified atom stereocenters. The molecule has 0 aromatic heterocycles. The number of primary amides is 1. The van der Waals surface area contributed by atoms with Crippen LogP contribution in [0.4, 0.5) is 4.79 Å². The van der Waals surface area contributed by atoms with Gasteiger partial charge in [0.2, 0.25) is 5.91 Å². The average Bonchev–Trinajstić information content (AvgIpc) is 3.12. The third-order valence-electron chi connectivity index (χ3n) is 6.72. The summed E-state index contributed by atoms with van der Waals surface area (Å²) in [5, 5.41) is 17.0. The number of amides is 3. The van der Waals surface area contributed by atoms with Gasteiger partial charge in [0.25, 0.3) is 0 Å². The molecule has 28 heavy (non-hydrogen) atoms. The van der Waals surface area contributed by atoms with Crippen molar-refractivity contribution in [2.75, 3.05) is 19.7 Å². The minimum atomic E-state index is -0.798. The van der Waals surface area contributed by atoms with Gasteiger partial charge in [0.1, 0.15) is 6.10 Å². The number of carbonyl (C=O) groups excluding carboxylic acids is 2. The van der Waals surface area contributed by atoms with Crippen LogP contribution < -0.4 is 16.4 Å². The lowest BCUT2D eigenvalue weighted by molar-refractivity contribution is -0.184. The number of aliphatic hydroxyl groups excluding tert-OH is 1. The molecule has 0 radical (unpaired) electrons. The van der Waals surface area contributed by atoms with Crippen molar-refractivity contribution in [3.8, 4) is 0 Å². The number of nitrogens with zero attached hydrogens (tertiary/aromatic N) is 1. The van der Waals surface area contributed by atoms with E-state index < -0.39 is 18.4 Å². The summed E-state index contributed by atoms with van der Waals surface area (Å²) in [6.45, 7) is 1.64. The van der Waals surface area contributed by atoms with Gasteiger partial charge in [0.15, 0.2) is 6.29 Å². The second-order valence-corrected chi connectivity index (χ2v) is 8.55. The van der Waals surface area contributed by atoms with E-state index in [1.807, 2.05) is 0 Å². The van der Waals surface area contributed by atoms with Crippen LogP contribution in [0.3, 0.4) is 0 Å². The van der Waals surface area contributed by atoms with Crippen molar-refractivity contribution in [2.24, 2.45) is 11.7 Å². The maximum absolute atomic E-state index is 12.5. The molecule has 4 rings (SSSR count). The zero-order valence-electron chi connectivity index (χ0n) is 16.2. The Hall–Kier alpha value is -1.42. The number of piperidine rings is 1. The number of nitrogens with one attached hydrogen (secondary N) is 2. The Morgan fingerprint density at radius 1 is 1.04 bits per heavy atom. The van der Waals surface area contributed by atoms with Gasteiger partial charge >= 0.3 is 6.03 Å². The van der Waals surface area contributed by atoms with Gasteiger partial charge in [-0.25, -0.2) is 4.79 Å². The van der Waals surface area contributed by atoms with E-state index in [1.165, 1.54) is 6.42 Å². The van der Waals surface area contributed by atoms with E-state index in [1.54, 1.807) is 0 Å². The molecule has 0 aromatic rings. The van der Waals surface area contributed by atoms with Crippen LogP contribution >= 0.6 is 0 Å². The quantitative estimate of drug-likeness (QED) is 0.515. The molecule has 3 saturated heterocycles. The molecule has 3 amide bonds. The summed E-state index contributed by atoms with van der Waals surface area (Å²) in [7, 11) is 0. The van der Waals surface area contributed by atoms with Gasteiger partial charge in [0.05, 0.1) is 24.8 Å². The molecule has 4 aliphatic rings. The van der Waals surface area contributed by atoms with Gasteiger partial charge < -0.3 is 30.9 Å². The minimum absolute atomic E-state index is 0.120. The smallest absolute Gasteiger partial charge is 0.315 e. The van der Waals surface area contributed by atoms with Gasteiger partial charge in [-0.2, -0.15) is 0 Å². The van der Waals surface area contributed by atoms with Gasteiger partial charge in [-0.05, 0) is 38.8 Å². The molecule has 0 aromatic carbocycles. The first-order valence-corrected chi connectivity index (χ1v) is 10.6. The summed E-state index contributed by atoms with van der Waals surface area (Å²) < 4.78 is 11.7. The Bertz CT molecular complexity index is 577.